The quantitative estimate of drug-likeness (QED) is 0.879. The van der Waals surface area contributed by atoms with Gasteiger partial charge in [0.05, 0.1) is 0 Å². The molecule has 0 aromatic carbocycles. The highest BCUT2D eigenvalue weighted by Gasteiger charge is 2.08. The SMILES string of the molecule is CCc1ccc(C(C)NCc2nccs2)s1. The predicted octanol–water partition coefficient (Wildman–Crippen LogP) is 3.62. The third-order valence-corrected chi connectivity index (χ3v) is 4.69. The van der Waals surface area contributed by atoms with Gasteiger partial charge in [-0.3, -0.25) is 0 Å². The summed E-state index contributed by atoms with van der Waals surface area (Å²) < 4.78 is 0. The summed E-state index contributed by atoms with van der Waals surface area (Å²) in [5.74, 6) is 0. The van der Waals surface area contributed by atoms with Crippen molar-refractivity contribution in [3.05, 3.63) is 38.5 Å². The normalized spacial score (nSPS) is 12.9. The van der Waals surface area contributed by atoms with E-state index in [2.05, 4.69) is 36.3 Å². The van der Waals surface area contributed by atoms with Gasteiger partial charge in [-0.25, -0.2) is 4.98 Å². The molecule has 2 aromatic rings. The number of rotatable bonds is 5. The maximum absolute atomic E-state index is 4.26. The molecule has 4 heteroatoms. The van der Waals surface area contributed by atoms with Crippen molar-refractivity contribution in [1.29, 1.82) is 0 Å². The van der Waals surface area contributed by atoms with Crippen molar-refractivity contribution in [2.45, 2.75) is 32.9 Å². The summed E-state index contributed by atoms with van der Waals surface area (Å²) in [4.78, 5) is 7.13. The second kappa shape index (κ2) is 5.57. The van der Waals surface area contributed by atoms with Crippen LogP contribution in [0, 0.1) is 0 Å². The van der Waals surface area contributed by atoms with E-state index in [9.17, 15) is 0 Å². The molecule has 86 valence electrons. The van der Waals surface area contributed by atoms with Crippen molar-refractivity contribution in [2.24, 2.45) is 0 Å². The van der Waals surface area contributed by atoms with Gasteiger partial charge in [0.25, 0.3) is 0 Å². The van der Waals surface area contributed by atoms with Gasteiger partial charge >= 0.3 is 0 Å². The first kappa shape index (κ1) is 11.8. The molecule has 0 aliphatic heterocycles. The Labute approximate surface area is 104 Å². The molecule has 1 atom stereocenters. The topological polar surface area (TPSA) is 24.9 Å². The van der Waals surface area contributed by atoms with E-state index in [0.717, 1.165) is 18.0 Å². The smallest absolute Gasteiger partial charge is 0.106 e. The van der Waals surface area contributed by atoms with Gasteiger partial charge in [0.2, 0.25) is 0 Å². The van der Waals surface area contributed by atoms with Crippen LogP contribution < -0.4 is 5.32 Å². The van der Waals surface area contributed by atoms with Crippen LogP contribution in [0.5, 0.6) is 0 Å². The Morgan fingerprint density at radius 1 is 1.44 bits per heavy atom. The first-order chi connectivity index (χ1) is 7.79. The van der Waals surface area contributed by atoms with E-state index in [-0.39, 0.29) is 0 Å². The van der Waals surface area contributed by atoms with Gasteiger partial charge in [0.15, 0.2) is 0 Å². The molecule has 1 unspecified atom stereocenters. The molecule has 0 spiro atoms. The number of aryl methyl sites for hydroxylation is 1. The van der Waals surface area contributed by atoms with E-state index in [0.29, 0.717) is 6.04 Å². The fraction of sp³-hybridized carbons (Fsp3) is 0.417. The summed E-state index contributed by atoms with van der Waals surface area (Å²) in [6, 6.07) is 4.86. The van der Waals surface area contributed by atoms with Crippen molar-refractivity contribution >= 4 is 22.7 Å². The van der Waals surface area contributed by atoms with E-state index in [1.165, 1.54) is 9.75 Å². The van der Waals surface area contributed by atoms with Crippen molar-refractivity contribution in [3.8, 4) is 0 Å². The van der Waals surface area contributed by atoms with E-state index in [1.807, 2.05) is 22.9 Å². The maximum atomic E-state index is 4.26. The molecule has 0 bridgehead atoms. The van der Waals surface area contributed by atoms with Crippen LogP contribution in [0.4, 0.5) is 0 Å². The summed E-state index contributed by atoms with van der Waals surface area (Å²) in [6.07, 6.45) is 2.98. The molecule has 2 rings (SSSR count). The first-order valence-electron chi connectivity index (χ1n) is 5.50. The van der Waals surface area contributed by atoms with Gasteiger partial charge in [-0.15, -0.1) is 22.7 Å². The van der Waals surface area contributed by atoms with Crippen LogP contribution in [-0.2, 0) is 13.0 Å². The highest BCUT2D eigenvalue weighted by Crippen LogP contribution is 2.23. The number of hydrogen-bond acceptors (Lipinski definition) is 4. The van der Waals surface area contributed by atoms with Gasteiger partial charge in [-0.2, -0.15) is 0 Å². The Hall–Kier alpha value is -0.710. The van der Waals surface area contributed by atoms with Gasteiger partial charge in [-0.05, 0) is 25.5 Å². The molecule has 16 heavy (non-hydrogen) atoms. The molecule has 0 aliphatic rings. The molecule has 0 radical (unpaired) electrons. The number of aromatic nitrogens is 1. The molecule has 0 saturated heterocycles. The summed E-state index contributed by atoms with van der Waals surface area (Å²) in [5.41, 5.74) is 0. The van der Waals surface area contributed by atoms with Crippen LogP contribution >= 0.6 is 22.7 Å². The molecule has 0 saturated carbocycles. The van der Waals surface area contributed by atoms with Crippen molar-refractivity contribution in [2.75, 3.05) is 0 Å². The Morgan fingerprint density at radius 3 is 2.94 bits per heavy atom. The zero-order chi connectivity index (χ0) is 11.4. The summed E-state index contributed by atoms with van der Waals surface area (Å²) >= 11 is 3.60. The van der Waals surface area contributed by atoms with Gasteiger partial charge in [-0.1, -0.05) is 6.92 Å². The van der Waals surface area contributed by atoms with Crippen LogP contribution in [0.15, 0.2) is 23.7 Å². The number of thiazole rings is 1. The monoisotopic (exact) mass is 252 g/mol. The average Bonchev–Trinajstić information content (AvgIpc) is 2.96. The van der Waals surface area contributed by atoms with Crippen LogP contribution in [0.1, 0.15) is 34.7 Å². The number of thiophene rings is 1. The highest BCUT2D eigenvalue weighted by atomic mass is 32.1. The lowest BCUT2D eigenvalue weighted by Gasteiger charge is -2.10. The lowest BCUT2D eigenvalue weighted by atomic mass is 10.2. The fourth-order valence-corrected chi connectivity index (χ4v) is 3.05. The molecule has 2 aromatic heterocycles. The van der Waals surface area contributed by atoms with Crippen LogP contribution in [0.3, 0.4) is 0 Å². The predicted molar refractivity (Wildman–Crippen MR) is 71.1 cm³/mol. The molecular formula is C12H16N2S2. The zero-order valence-electron chi connectivity index (χ0n) is 9.56. The molecule has 2 heterocycles. The van der Waals surface area contributed by atoms with Gasteiger partial charge < -0.3 is 5.32 Å². The van der Waals surface area contributed by atoms with Crippen molar-refractivity contribution < 1.29 is 0 Å². The van der Waals surface area contributed by atoms with E-state index >= 15 is 0 Å². The van der Waals surface area contributed by atoms with Crippen molar-refractivity contribution in [3.63, 3.8) is 0 Å². The Bertz CT molecular complexity index is 420. The maximum Gasteiger partial charge on any atom is 0.106 e. The molecule has 2 nitrogen and oxygen atoms in total. The second-order valence-electron chi connectivity index (χ2n) is 3.69. The fourth-order valence-electron chi connectivity index (χ4n) is 1.50. The molecule has 0 fully saturated rings. The van der Waals surface area contributed by atoms with Crippen LogP contribution in [-0.4, -0.2) is 4.98 Å². The minimum absolute atomic E-state index is 0.411. The minimum atomic E-state index is 0.411. The number of nitrogens with one attached hydrogen (secondary N) is 1. The standard InChI is InChI=1S/C12H16N2S2/c1-3-10-4-5-11(16-10)9(2)14-8-12-13-6-7-15-12/h4-7,9,14H,3,8H2,1-2H3. The van der Waals surface area contributed by atoms with Gasteiger partial charge in [0.1, 0.15) is 5.01 Å². The third-order valence-electron chi connectivity index (χ3n) is 2.50. The lowest BCUT2D eigenvalue weighted by Crippen LogP contribution is -2.16. The largest absolute Gasteiger partial charge is 0.303 e. The molecule has 1 N–H and O–H groups in total. The van der Waals surface area contributed by atoms with E-state index in [1.54, 1.807) is 11.3 Å². The molecule has 0 amide bonds. The van der Waals surface area contributed by atoms with Crippen LogP contribution in [0.25, 0.3) is 0 Å². The zero-order valence-corrected chi connectivity index (χ0v) is 11.2. The first-order valence-corrected chi connectivity index (χ1v) is 7.19. The Kier molecular flexibility index (Phi) is 4.09. The summed E-state index contributed by atoms with van der Waals surface area (Å²) in [6.45, 7) is 5.26. The lowest BCUT2D eigenvalue weighted by molar-refractivity contribution is 0.581. The minimum Gasteiger partial charge on any atom is -0.303 e. The van der Waals surface area contributed by atoms with E-state index in [4.69, 9.17) is 0 Å². The third kappa shape index (κ3) is 2.90. The highest BCUT2D eigenvalue weighted by molar-refractivity contribution is 7.12. The summed E-state index contributed by atoms with van der Waals surface area (Å²) in [5, 5.41) is 6.66. The molecule has 0 aliphatic carbocycles. The second-order valence-corrected chi connectivity index (χ2v) is 5.87. The summed E-state index contributed by atoms with van der Waals surface area (Å²) in [7, 11) is 0. The molecular weight excluding hydrogens is 236 g/mol. The average molecular weight is 252 g/mol. The Morgan fingerprint density at radius 2 is 2.31 bits per heavy atom. The number of hydrogen-bond donors (Lipinski definition) is 1. The van der Waals surface area contributed by atoms with E-state index < -0.39 is 0 Å². The van der Waals surface area contributed by atoms with Crippen LogP contribution in [0.2, 0.25) is 0 Å². The Balaban J connectivity index is 1.90. The van der Waals surface area contributed by atoms with Gasteiger partial charge in [0, 0.05) is 33.9 Å². The number of nitrogens with zero attached hydrogens (tertiary/aromatic N) is 1. The van der Waals surface area contributed by atoms with Crippen molar-refractivity contribution in [1.82, 2.24) is 10.3 Å².